The Balaban J connectivity index is 2.54. The van der Waals surface area contributed by atoms with Crippen LogP contribution < -0.4 is 0 Å². The van der Waals surface area contributed by atoms with Gasteiger partial charge >= 0.3 is 5.37 Å². The molecular weight excluding hydrogens is 162 g/mol. The van der Waals surface area contributed by atoms with Gasteiger partial charge in [-0.2, -0.15) is 0 Å². The summed E-state index contributed by atoms with van der Waals surface area (Å²) in [4.78, 5) is 12.6. The highest BCUT2D eigenvalue weighted by atomic mass is 35.5. The first-order valence-corrected chi connectivity index (χ1v) is 4.45. The van der Waals surface area contributed by atoms with Crippen molar-refractivity contribution >= 4 is 17.0 Å². The maximum Gasteiger partial charge on any atom is 0.316 e. The number of likely N-dealkylation sites (tertiary alicyclic amines) is 1. The molecule has 0 aromatic carbocycles. The van der Waals surface area contributed by atoms with E-state index < -0.39 is 0 Å². The van der Waals surface area contributed by atoms with Gasteiger partial charge in [-0.15, -0.1) is 0 Å². The zero-order valence-electron chi connectivity index (χ0n) is 7.01. The van der Waals surface area contributed by atoms with Crippen LogP contribution >= 0.6 is 11.6 Å². The van der Waals surface area contributed by atoms with Crippen LogP contribution in [0.3, 0.4) is 0 Å². The number of hydrogen-bond donors (Lipinski definition) is 0. The topological polar surface area (TPSA) is 20.3 Å². The lowest BCUT2D eigenvalue weighted by molar-refractivity contribution is 0.155. The fourth-order valence-electron chi connectivity index (χ4n) is 1.53. The molecule has 0 N–H and O–H groups in total. The van der Waals surface area contributed by atoms with Crippen molar-refractivity contribution in [2.75, 3.05) is 6.54 Å². The summed E-state index contributed by atoms with van der Waals surface area (Å²) in [5.41, 5.74) is 0. The monoisotopic (exact) mass is 175 g/mol. The Hall–Kier alpha value is -0.240. The second-order valence-corrected chi connectivity index (χ2v) is 3.76. The summed E-state index contributed by atoms with van der Waals surface area (Å²) in [6.07, 6.45) is 2.29. The van der Waals surface area contributed by atoms with Gasteiger partial charge in [-0.25, -0.2) is 0 Å². The molecule has 2 nitrogen and oxygen atoms in total. The van der Waals surface area contributed by atoms with Gasteiger partial charge in [0.25, 0.3) is 0 Å². The summed E-state index contributed by atoms with van der Waals surface area (Å²) >= 11 is 5.40. The molecule has 64 valence electrons. The summed E-state index contributed by atoms with van der Waals surface area (Å²) in [5, 5.41) is -0.302. The van der Waals surface area contributed by atoms with E-state index in [1.807, 2.05) is 6.92 Å². The van der Waals surface area contributed by atoms with Gasteiger partial charge in [0, 0.05) is 12.6 Å². The molecule has 0 aliphatic carbocycles. The highest BCUT2D eigenvalue weighted by Crippen LogP contribution is 2.22. The van der Waals surface area contributed by atoms with Crippen LogP contribution in [0, 0.1) is 5.92 Å². The van der Waals surface area contributed by atoms with E-state index in [4.69, 9.17) is 11.6 Å². The molecule has 0 aromatic rings. The molecule has 1 fully saturated rings. The third-order valence-corrected chi connectivity index (χ3v) is 2.56. The van der Waals surface area contributed by atoms with Crippen LogP contribution in [0.5, 0.6) is 0 Å². The van der Waals surface area contributed by atoms with Gasteiger partial charge in [0.05, 0.1) is 0 Å². The van der Waals surface area contributed by atoms with Crippen LogP contribution in [-0.2, 0) is 0 Å². The summed E-state index contributed by atoms with van der Waals surface area (Å²) in [7, 11) is 0. The van der Waals surface area contributed by atoms with Gasteiger partial charge < -0.3 is 4.90 Å². The van der Waals surface area contributed by atoms with E-state index in [-0.39, 0.29) is 5.37 Å². The number of piperidine rings is 1. The van der Waals surface area contributed by atoms with Crippen molar-refractivity contribution in [2.45, 2.75) is 32.7 Å². The van der Waals surface area contributed by atoms with E-state index in [2.05, 4.69) is 6.92 Å². The largest absolute Gasteiger partial charge is 0.326 e. The lowest BCUT2D eigenvalue weighted by Gasteiger charge is -2.34. The number of amides is 1. The molecular formula is C8H14ClNO. The predicted octanol–water partition coefficient (Wildman–Crippen LogP) is 2.47. The zero-order chi connectivity index (χ0) is 8.43. The van der Waals surface area contributed by atoms with Gasteiger partial charge in [-0.1, -0.05) is 6.92 Å². The standard InChI is InChI=1S/C8H14ClNO/c1-6-3-4-7(2)10(5-6)8(9)11/h6-7H,3-5H2,1-2H3. The van der Waals surface area contributed by atoms with Crippen molar-refractivity contribution in [3.05, 3.63) is 0 Å². The van der Waals surface area contributed by atoms with Crippen molar-refractivity contribution in [1.29, 1.82) is 0 Å². The summed E-state index contributed by atoms with van der Waals surface area (Å²) < 4.78 is 0. The second-order valence-electron chi connectivity index (χ2n) is 3.44. The van der Waals surface area contributed by atoms with Crippen LogP contribution in [0.1, 0.15) is 26.7 Å². The van der Waals surface area contributed by atoms with Crippen LogP contribution in [0.15, 0.2) is 0 Å². The van der Waals surface area contributed by atoms with Gasteiger partial charge in [0.1, 0.15) is 0 Å². The minimum atomic E-state index is -0.302. The Morgan fingerprint density at radius 1 is 1.45 bits per heavy atom. The summed E-state index contributed by atoms with van der Waals surface area (Å²) in [5.74, 6) is 0.605. The lowest BCUT2D eigenvalue weighted by atomic mass is 9.96. The molecule has 3 heteroatoms. The van der Waals surface area contributed by atoms with Crippen molar-refractivity contribution in [2.24, 2.45) is 5.92 Å². The Bertz CT molecular complexity index is 160. The highest BCUT2D eigenvalue weighted by molar-refractivity contribution is 6.62. The smallest absolute Gasteiger partial charge is 0.316 e. The highest BCUT2D eigenvalue weighted by Gasteiger charge is 2.25. The number of carbonyl (C=O) groups is 1. The van der Waals surface area contributed by atoms with E-state index in [1.165, 1.54) is 6.42 Å². The van der Waals surface area contributed by atoms with Crippen molar-refractivity contribution in [1.82, 2.24) is 4.90 Å². The fraction of sp³-hybridized carbons (Fsp3) is 0.875. The maximum absolute atomic E-state index is 10.8. The minimum absolute atomic E-state index is 0.302. The molecule has 0 spiro atoms. The molecule has 1 amide bonds. The normalized spacial score (nSPS) is 32.1. The quantitative estimate of drug-likeness (QED) is 0.409. The summed E-state index contributed by atoms with van der Waals surface area (Å²) in [6, 6.07) is 0.330. The second kappa shape index (κ2) is 3.44. The Labute approximate surface area is 72.5 Å². The van der Waals surface area contributed by atoms with Crippen LogP contribution in [0.4, 0.5) is 4.79 Å². The molecule has 1 heterocycles. The molecule has 1 rings (SSSR count). The van der Waals surface area contributed by atoms with Gasteiger partial charge in [-0.3, -0.25) is 4.79 Å². The molecule has 2 atom stereocenters. The fourth-order valence-corrected chi connectivity index (χ4v) is 1.77. The first-order chi connectivity index (χ1) is 5.11. The average molecular weight is 176 g/mol. The van der Waals surface area contributed by atoms with E-state index in [0.717, 1.165) is 13.0 Å². The van der Waals surface area contributed by atoms with Crippen molar-refractivity contribution in [3.8, 4) is 0 Å². The number of rotatable bonds is 0. The van der Waals surface area contributed by atoms with E-state index >= 15 is 0 Å². The molecule has 1 aliphatic rings. The van der Waals surface area contributed by atoms with E-state index in [9.17, 15) is 4.79 Å². The van der Waals surface area contributed by atoms with Crippen LogP contribution in [0.25, 0.3) is 0 Å². The summed E-state index contributed by atoms with van der Waals surface area (Å²) in [6.45, 7) is 5.02. The van der Waals surface area contributed by atoms with Crippen molar-refractivity contribution in [3.63, 3.8) is 0 Å². The van der Waals surface area contributed by atoms with E-state index in [0.29, 0.717) is 12.0 Å². The third-order valence-electron chi connectivity index (χ3n) is 2.34. The lowest BCUT2D eigenvalue weighted by Crippen LogP contribution is -2.42. The predicted molar refractivity (Wildman–Crippen MR) is 45.8 cm³/mol. The Morgan fingerprint density at radius 3 is 2.55 bits per heavy atom. The molecule has 2 unspecified atom stereocenters. The van der Waals surface area contributed by atoms with Crippen LogP contribution in [0.2, 0.25) is 0 Å². The maximum atomic E-state index is 10.8. The Morgan fingerprint density at radius 2 is 2.09 bits per heavy atom. The van der Waals surface area contributed by atoms with Crippen molar-refractivity contribution < 1.29 is 4.79 Å². The van der Waals surface area contributed by atoms with Gasteiger partial charge in [-0.05, 0) is 37.3 Å². The number of hydrogen-bond acceptors (Lipinski definition) is 1. The molecule has 1 aliphatic heterocycles. The zero-order valence-corrected chi connectivity index (χ0v) is 7.77. The molecule has 11 heavy (non-hydrogen) atoms. The molecule has 0 radical (unpaired) electrons. The number of halogens is 1. The van der Waals surface area contributed by atoms with Crippen LogP contribution in [-0.4, -0.2) is 22.9 Å². The molecule has 0 aromatic heterocycles. The minimum Gasteiger partial charge on any atom is -0.326 e. The molecule has 0 bridgehead atoms. The Kier molecular flexibility index (Phi) is 2.77. The van der Waals surface area contributed by atoms with E-state index in [1.54, 1.807) is 4.90 Å². The third kappa shape index (κ3) is 2.09. The molecule has 0 saturated carbocycles. The van der Waals surface area contributed by atoms with Gasteiger partial charge in [0.2, 0.25) is 0 Å². The SMILES string of the molecule is CC1CCC(C)N(C(=O)Cl)C1. The molecule has 1 saturated heterocycles. The first-order valence-electron chi connectivity index (χ1n) is 4.07. The number of carbonyl (C=O) groups excluding carboxylic acids is 1. The van der Waals surface area contributed by atoms with Gasteiger partial charge in [0.15, 0.2) is 0 Å². The average Bonchev–Trinajstić information content (AvgIpc) is 1.94. The number of nitrogens with zero attached hydrogens (tertiary/aromatic N) is 1. The first kappa shape index (κ1) is 8.85.